The summed E-state index contributed by atoms with van der Waals surface area (Å²) in [6.07, 6.45) is 5.79. The summed E-state index contributed by atoms with van der Waals surface area (Å²) in [5, 5.41) is 0. The fraction of sp³-hybridized carbons (Fsp3) is 0.318. The SMILES string of the molecule is COc1cccc2c1CCN1C(=O)CN=C(c3c#[n+]c4c(c3)OCCN4C)C=C21. The number of nitrogens with zero attached hydrogens (tertiary/aromatic N) is 4. The molecule has 7 heteroatoms. The van der Waals surface area contributed by atoms with Gasteiger partial charge in [0, 0.05) is 23.7 Å². The lowest BCUT2D eigenvalue weighted by Gasteiger charge is -2.31. The van der Waals surface area contributed by atoms with Crippen LogP contribution in [0.15, 0.2) is 35.3 Å². The Morgan fingerprint density at radius 3 is 3.07 bits per heavy atom. The second-order valence-corrected chi connectivity index (χ2v) is 7.25. The van der Waals surface area contributed by atoms with E-state index in [1.807, 2.05) is 47.2 Å². The fourth-order valence-corrected chi connectivity index (χ4v) is 4.04. The van der Waals surface area contributed by atoms with Crippen LogP contribution >= 0.6 is 0 Å². The van der Waals surface area contributed by atoms with E-state index in [1.54, 1.807) is 7.11 Å². The predicted octanol–water partition coefficient (Wildman–Crippen LogP) is 1.15. The maximum atomic E-state index is 12.8. The molecule has 29 heavy (non-hydrogen) atoms. The number of ether oxygens (including phenoxy) is 2. The molecular weight excluding hydrogens is 368 g/mol. The van der Waals surface area contributed by atoms with Crippen LogP contribution in [0.1, 0.15) is 16.7 Å². The van der Waals surface area contributed by atoms with Gasteiger partial charge in [0.2, 0.25) is 11.7 Å². The number of hydrogen-bond donors (Lipinski definition) is 0. The molecule has 1 amide bonds. The molecule has 0 aliphatic carbocycles. The summed E-state index contributed by atoms with van der Waals surface area (Å²) in [4.78, 5) is 25.6. The monoisotopic (exact) mass is 389 g/mol. The van der Waals surface area contributed by atoms with Crippen LogP contribution in [-0.2, 0) is 11.2 Å². The molecule has 0 radical (unpaired) electrons. The van der Waals surface area contributed by atoms with Crippen molar-refractivity contribution in [1.82, 2.24) is 4.90 Å². The second kappa shape index (κ2) is 6.82. The minimum Gasteiger partial charge on any atom is -0.496 e. The number of allylic oxidation sites excluding steroid dienone is 1. The van der Waals surface area contributed by atoms with E-state index in [2.05, 4.69) is 16.2 Å². The summed E-state index contributed by atoms with van der Waals surface area (Å²) >= 11 is 0. The van der Waals surface area contributed by atoms with E-state index in [0.29, 0.717) is 24.6 Å². The number of carbonyl (C=O) groups is 1. The third-order valence-electron chi connectivity index (χ3n) is 5.56. The number of aromatic nitrogens is 1. The highest BCUT2D eigenvalue weighted by Gasteiger charge is 2.31. The zero-order valence-electron chi connectivity index (χ0n) is 16.4. The van der Waals surface area contributed by atoms with Gasteiger partial charge in [0.05, 0.1) is 25.6 Å². The molecule has 1 aromatic carbocycles. The highest BCUT2D eigenvalue weighted by molar-refractivity contribution is 6.15. The lowest BCUT2D eigenvalue weighted by Crippen LogP contribution is -2.35. The topological polar surface area (TPSA) is 68.5 Å². The van der Waals surface area contributed by atoms with E-state index in [0.717, 1.165) is 46.9 Å². The van der Waals surface area contributed by atoms with Gasteiger partial charge in [-0.25, -0.2) is 4.90 Å². The molecule has 3 aliphatic rings. The molecule has 146 valence electrons. The van der Waals surface area contributed by atoms with Crippen molar-refractivity contribution in [3.05, 3.63) is 53.2 Å². The van der Waals surface area contributed by atoms with Crippen molar-refractivity contribution in [2.75, 3.05) is 45.3 Å². The number of aliphatic imine (C=N–C) groups is 1. The maximum absolute atomic E-state index is 12.8. The van der Waals surface area contributed by atoms with Gasteiger partial charge in [0.25, 0.3) is 0 Å². The molecular formula is C22H21N4O3+. The molecule has 2 aromatic rings. The second-order valence-electron chi connectivity index (χ2n) is 7.25. The Morgan fingerprint density at radius 1 is 1.31 bits per heavy atom. The van der Waals surface area contributed by atoms with Crippen LogP contribution in [0.5, 0.6) is 11.5 Å². The molecule has 0 fully saturated rings. The Bertz CT molecular complexity index is 1060. The van der Waals surface area contributed by atoms with Crippen molar-refractivity contribution in [2.24, 2.45) is 4.99 Å². The van der Waals surface area contributed by atoms with Crippen molar-refractivity contribution in [3.63, 3.8) is 0 Å². The van der Waals surface area contributed by atoms with Crippen LogP contribution < -0.4 is 19.4 Å². The molecule has 7 nitrogen and oxygen atoms in total. The zero-order chi connectivity index (χ0) is 20.0. The molecule has 3 aliphatic heterocycles. The van der Waals surface area contributed by atoms with Gasteiger partial charge in [-0.2, -0.15) is 0 Å². The first kappa shape index (κ1) is 17.6. The molecule has 5 rings (SSSR count). The van der Waals surface area contributed by atoms with Crippen LogP contribution in [0.2, 0.25) is 0 Å². The molecule has 0 bridgehead atoms. The van der Waals surface area contributed by atoms with Gasteiger partial charge in [-0.15, -0.1) is 4.98 Å². The third-order valence-corrected chi connectivity index (χ3v) is 5.56. The number of anilines is 1. The largest absolute Gasteiger partial charge is 0.496 e. The summed E-state index contributed by atoms with van der Waals surface area (Å²) in [5.41, 5.74) is 4.36. The van der Waals surface area contributed by atoms with Crippen molar-refractivity contribution in [3.8, 4) is 11.5 Å². The van der Waals surface area contributed by atoms with Crippen LogP contribution in [-0.4, -0.2) is 56.9 Å². The Labute approximate surface area is 169 Å². The van der Waals surface area contributed by atoms with Gasteiger partial charge in [0.15, 0.2) is 6.20 Å². The number of likely N-dealkylation sites (N-methyl/N-ethyl adjacent to an activating group) is 1. The average molecular weight is 389 g/mol. The third kappa shape index (κ3) is 2.88. The Hall–Kier alpha value is -3.53. The van der Waals surface area contributed by atoms with E-state index >= 15 is 0 Å². The molecule has 0 saturated heterocycles. The quantitative estimate of drug-likeness (QED) is 0.771. The Morgan fingerprint density at radius 2 is 2.21 bits per heavy atom. The molecule has 0 atom stereocenters. The average Bonchev–Trinajstić information content (AvgIpc) is 2.92. The maximum Gasteiger partial charge on any atom is 0.423 e. The standard InChI is InChI=1S/C22H21N4O3/c1-25-8-9-29-20-10-14(12-24-22(20)25)17-11-18-15-4-3-5-19(28-2)16(15)6-7-26(18)21(27)13-23-17/h3-5,10-11H,6-9,13H2,1-2H3/q+1. The Balaban J connectivity index is 1.61. The van der Waals surface area contributed by atoms with Crippen LogP contribution in [0.25, 0.3) is 5.70 Å². The van der Waals surface area contributed by atoms with E-state index in [-0.39, 0.29) is 12.5 Å². The summed E-state index contributed by atoms with van der Waals surface area (Å²) in [7, 11) is 3.65. The summed E-state index contributed by atoms with van der Waals surface area (Å²) < 4.78 is 11.3. The van der Waals surface area contributed by atoms with E-state index in [1.165, 1.54) is 0 Å². The number of fused-ring (bicyclic) bond motifs is 4. The van der Waals surface area contributed by atoms with E-state index in [9.17, 15) is 4.79 Å². The molecule has 0 spiro atoms. The van der Waals surface area contributed by atoms with Gasteiger partial charge < -0.3 is 14.4 Å². The van der Waals surface area contributed by atoms with Crippen molar-refractivity contribution in [2.45, 2.75) is 6.42 Å². The predicted molar refractivity (Wildman–Crippen MR) is 107 cm³/mol. The fourth-order valence-electron chi connectivity index (χ4n) is 4.04. The van der Waals surface area contributed by atoms with Gasteiger partial charge in [0.1, 0.15) is 31.0 Å². The van der Waals surface area contributed by atoms with Gasteiger partial charge >= 0.3 is 5.82 Å². The van der Waals surface area contributed by atoms with Gasteiger partial charge in [-0.1, -0.05) is 12.1 Å². The van der Waals surface area contributed by atoms with Crippen molar-refractivity contribution >= 4 is 23.1 Å². The molecule has 0 unspecified atom stereocenters. The highest BCUT2D eigenvalue weighted by atomic mass is 16.5. The lowest BCUT2D eigenvalue weighted by molar-refractivity contribution is -0.282. The summed E-state index contributed by atoms with van der Waals surface area (Å²) in [5.74, 6) is 2.32. The van der Waals surface area contributed by atoms with E-state index < -0.39 is 0 Å². The smallest absolute Gasteiger partial charge is 0.423 e. The first-order valence-electron chi connectivity index (χ1n) is 9.65. The number of rotatable bonds is 2. The van der Waals surface area contributed by atoms with Gasteiger partial charge in [-0.05, 0) is 18.6 Å². The van der Waals surface area contributed by atoms with Crippen LogP contribution in [0.4, 0.5) is 5.82 Å². The highest BCUT2D eigenvalue weighted by Crippen LogP contribution is 2.35. The lowest BCUT2D eigenvalue weighted by atomic mass is 9.94. The van der Waals surface area contributed by atoms with Gasteiger partial charge in [-0.3, -0.25) is 9.79 Å². The number of carbonyl (C=O) groups excluding carboxylic acids is 1. The summed E-state index contributed by atoms with van der Waals surface area (Å²) in [6.45, 7) is 2.11. The van der Waals surface area contributed by atoms with Crippen molar-refractivity contribution < 1.29 is 19.3 Å². The first-order valence-corrected chi connectivity index (χ1v) is 9.65. The molecule has 4 heterocycles. The Kier molecular flexibility index (Phi) is 4.13. The first-order chi connectivity index (χ1) is 14.2. The normalized spacial score (nSPS) is 17.7. The summed E-state index contributed by atoms with van der Waals surface area (Å²) in [6, 6.07) is 7.84. The number of amides is 1. The minimum absolute atomic E-state index is 0.0124. The zero-order valence-corrected chi connectivity index (χ0v) is 16.4. The van der Waals surface area contributed by atoms with Crippen LogP contribution in [0, 0.1) is 6.20 Å². The van der Waals surface area contributed by atoms with Crippen molar-refractivity contribution in [1.29, 1.82) is 0 Å². The van der Waals surface area contributed by atoms with E-state index in [4.69, 9.17) is 9.47 Å². The molecule has 0 saturated carbocycles. The number of hydrogen-bond acceptors (Lipinski definition) is 5. The number of benzene rings is 1. The minimum atomic E-state index is -0.0124. The number of methoxy groups -OCH3 is 1. The van der Waals surface area contributed by atoms with Crippen LogP contribution in [0.3, 0.4) is 0 Å². The molecule has 0 N–H and O–H groups in total. The molecule has 1 aromatic heterocycles.